The minimum atomic E-state index is -0.400. The number of hydrogen-bond acceptors (Lipinski definition) is 6. The van der Waals surface area contributed by atoms with E-state index in [2.05, 4.69) is 0 Å². The first kappa shape index (κ1) is 42.8. The van der Waals surface area contributed by atoms with E-state index in [4.69, 9.17) is 0 Å². The molecule has 0 atom stereocenters. The molecule has 6 nitrogen and oxygen atoms in total. The maximum atomic E-state index is 11.3. The number of rotatable bonds is 6. The molecule has 0 fully saturated rings. The van der Waals surface area contributed by atoms with Crippen molar-refractivity contribution in [3.63, 3.8) is 0 Å². The van der Waals surface area contributed by atoms with E-state index in [0.29, 0.717) is 0 Å². The van der Waals surface area contributed by atoms with Gasteiger partial charge in [0.15, 0.2) is 17.3 Å². The van der Waals surface area contributed by atoms with Gasteiger partial charge in [-0.3, -0.25) is 14.4 Å². The van der Waals surface area contributed by atoms with Gasteiger partial charge in [-0.1, -0.05) is 104 Å². The predicted octanol–water partition coefficient (Wildman–Crippen LogP) is 8.10. The van der Waals surface area contributed by atoms with Gasteiger partial charge in [0.05, 0.1) is 17.3 Å². The third-order valence-corrected chi connectivity index (χ3v) is 4.83. The van der Waals surface area contributed by atoms with Crippen molar-refractivity contribution in [3.8, 4) is 0 Å². The molecule has 0 unspecified atom stereocenters. The molecule has 0 rings (SSSR count). The standard InChI is InChI=1S/3C10H18O2.Y/c3*1-7(2)8(11)6-9(12)10(3,4)5;/h3*6-7,11H,1-5H3;/b3*8-6-;. The van der Waals surface area contributed by atoms with Crippen LogP contribution in [0.4, 0.5) is 0 Å². The van der Waals surface area contributed by atoms with Gasteiger partial charge in [0.25, 0.3) is 0 Å². The average molecular weight is 600 g/mol. The quantitative estimate of drug-likeness (QED) is 0.210. The van der Waals surface area contributed by atoms with Crippen molar-refractivity contribution < 1.29 is 62.4 Å². The Morgan fingerprint density at radius 3 is 0.676 bits per heavy atom. The van der Waals surface area contributed by atoms with E-state index in [-0.39, 0.29) is 85.1 Å². The number of carbonyl (C=O) groups is 3. The number of carbonyl (C=O) groups excluding carboxylic acids is 3. The fourth-order valence-corrected chi connectivity index (χ4v) is 1.55. The van der Waals surface area contributed by atoms with Gasteiger partial charge < -0.3 is 15.3 Å². The van der Waals surface area contributed by atoms with Crippen LogP contribution in [0.15, 0.2) is 35.5 Å². The van der Waals surface area contributed by atoms with Crippen molar-refractivity contribution >= 4 is 17.3 Å². The molecule has 0 aromatic carbocycles. The van der Waals surface area contributed by atoms with Gasteiger partial charge in [0, 0.05) is 84.9 Å². The van der Waals surface area contributed by atoms with Gasteiger partial charge in [-0.15, -0.1) is 0 Å². The fourth-order valence-electron chi connectivity index (χ4n) is 1.55. The Balaban J connectivity index is -0.000000218. The average Bonchev–Trinajstić information content (AvgIpc) is 2.66. The second-order valence-electron chi connectivity index (χ2n) is 13.0. The number of ketones is 3. The van der Waals surface area contributed by atoms with Gasteiger partial charge in [-0.25, -0.2) is 0 Å². The first-order chi connectivity index (χ1) is 15.7. The Hall–Kier alpha value is -1.27. The molecular weight excluding hydrogens is 545 g/mol. The zero-order valence-corrected chi connectivity index (χ0v) is 28.9. The van der Waals surface area contributed by atoms with Crippen molar-refractivity contribution in [2.45, 2.75) is 104 Å². The van der Waals surface area contributed by atoms with Crippen LogP contribution in [0.3, 0.4) is 0 Å². The van der Waals surface area contributed by atoms with Crippen molar-refractivity contribution in [2.24, 2.45) is 34.0 Å². The SMILES string of the molecule is CC(C)/C(O)=C/C(=O)C(C)(C)C.CC(C)/C(O)=C/C(=O)C(C)(C)C.CC(C)/C(O)=C/C(=O)C(C)(C)C.[Y]. The Morgan fingerprint density at radius 2 is 0.595 bits per heavy atom. The van der Waals surface area contributed by atoms with Gasteiger partial charge in [0.2, 0.25) is 0 Å². The van der Waals surface area contributed by atoms with Crippen LogP contribution < -0.4 is 0 Å². The van der Waals surface area contributed by atoms with Crippen LogP contribution in [0, 0.1) is 34.0 Å². The van der Waals surface area contributed by atoms with Crippen molar-refractivity contribution in [1.82, 2.24) is 0 Å². The molecule has 0 bridgehead atoms. The molecule has 0 heterocycles. The van der Waals surface area contributed by atoms with Crippen LogP contribution in [-0.2, 0) is 47.1 Å². The zero-order chi connectivity index (χ0) is 29.8. The van der Waals surface area contributed by atoms with E-state index >= 15 is 0 Å². The van der Waals surface area contributed by atoms with E-state index in [0.717, 1.165) is 0 Å². The smallest absolute Gasteiger partial charge is 0.164 e. The third-order valence-electron chi connectivity index (χ3n) is 4.83. The molecule has 0 aliphatic carbocycles. The molecule has 0 amide bonds. The van der Waals surface area contributed by atoms with Crippen molar-refractivity contribution in [2.75, 3.05) is 0 Å². The summed E-state index contributed by atoms with van der Waals surface area (Å²) >= 11 is 0. The maximum absolute atomic E-state index is 11.3. The van der Waals surface area contributed by atoms with E-state index in [9.17, 15) is 29.7 Å². The molecule has 213 valence electrons. The molecule has 0 aromatic heterocycles. The second-order valence-corrected chi connectivity index (χ2v) is 13.0. The summed E-state index contributed by atoms with van der Waals surface area (Å²) < 4.78 is 0. The molecule has 0 aromatic rings. The molecule has 37 heavy (non-hydrogen) atoms. The van der Waals surface area contributed by atoms with Crippen LogP contribution in [0.5, 0.6) is 0 Å². The Morgan fingerprint density at radius 1 is 0.459 bits per heavy atom. The molecule has 1 radical (unpaired) electrons. The first-order valence-electron chi connectivity index (χ1n) is 12.6. The van der Waals surface area contributed by atoms with Crippen molar-refractivity contribution in [1.29, 1.82) is 0 Å². The Labute approximate surface area is 252 Å². The van der Waals surface area contributed by atoms with E-state index in [1.54, 1.807) is 0 Å². The second kappa shape index (κ2) is 18.1. The predicted molar refractivity (Wildman–Crippen MR) is 150 cm³/mol. The molecule has 0 saturated carbocycles. The van der Waals surface area contributed by atoms with Gasteiger partial charge in [-0.05, 0) is 0 Å². The Kier molecular flexibility index (Phi) is 20.9. The molecular formula is C30H54O6Y. The molecule has 7 heteroatoms. The van der Waals surface area contributed by atoms with E-state index < -0.39 is 16.2 Å². The number of aliphatic hydroxyl groups is 3. The first-order valence-corrected chi connectivity index (χ1v) is 12.6. The van der Waals surface area contributed by atoms with Gasteiger partial charge in [-0.2, -0.15) is 0 Å². The third kappa shape index (κ3) is 22.4. The summed E-state index contributed by atoms with van der Waals surface area (Å²) in [7, 11) is 0. The fraction of sp³-hybridized carbons (Fsp3) is 0.700. The summed E-state index contributed by atoms with van der Waals surface area (Å²) in [6.07, 6.45) is 3.97. The van der Waals surface area contributed by atoms with Crippen LogP contribution in [-0.4, -0.2) is 32.7 Å². The molecule has 0 spiro atoms. The molecule has 0 aliphatic heterocycles. The minimum absolute atomic E-state index is 0. The van der Waals surface area contributed by atoms with Crippen LogP contribution in [0.2, 0.25) is 0 Å². The largest absolute Gasteiger partial charge is 0.512 e. The minimum Gasteiger partial charge on any atom is -0.512 e. The summed E-state index contributed by atoms with van der Waals surface area (Å²) in [4.78, 5) is 34.0. The van der Waals surface area contributed by atoms with E-state index in [1.807, 2.05) is 104 Å². The maximum Gasteiger partial charge on any atom is 0.164 e. The van der Waals surface area contributed by atoms with Crippen LogP contribution >= 0.6 is 0 Å². The van der Waals surface area contributed by atoms with Crippen LogP contribution in [0.1, 0.15) is 104 Å². The monoisotopic (exact) mass is 599 g/mol. The summed E-state index contributed by atoms with van der Waals surface area (Å²) in [5, 5.41) is 27.9. The van der Waals surface area contributed by atoms with Crippen LogP contribution in [0.25, 0.3) is 0 Å². The number of hydrogen-bond donors (Lipinski definition) is 3. The molecule has 0 aliphatic rings. The van der Waals surface area contributed by atoms with E-state index in [1.165, 1.54) is 18.2 Å². The van der Waals surface area contributed by atoms with Gasteiger partial charge >= 0.3 is 0 Å². The Bertz CT molecular complexity index is 699. The number of allylic oxidation sites excluding steroid dienone is 6. The number of aliphatic hydroxyl groups excluding tert-OH is 3. The summed E-state index contributed by atoms with van der Waals surface area (Å²) in [5.74, 6) is 0.458. The van der Waals surface area contributed by atoms with Gasteiger partial charge in [0.1, 0.15) is 0 Å². The summed E-state index contributed by atoms with van der Waals surface area (Å²) in [6.45, 7) is 27.6. The normalized spacial score (nSPS) is 13.3. The van der Waals surface area contributed by atoms with Crippen molar-refractivity contribution in [3.05, 3.63) is 35.5 Å². The molecule has 3 N–H and O–H groups in total. The molecule has 0 saturated heterocycles. The summed E-state index contributed by atoms with van der Waals surface area (Å²) in [5.41, 5.74) is -1.20. The zero-order valence-electron chi connectivity index (χ0n) is 26.1. The topological polar surface area (TPSA) is 112 Å². The summed E-state index contributed by atoms with van der Waals surface area (Å²) in [6, 6.07) is 0.